The third kappa shape index (κ3) is 5.89. The van der Waals surface area contributed by atoms with Gasteiger partial charge in [0.1, 0.15) is 23.9 Å². The minimum Gasteiger partial charge on any atom is -0.470 e. The van der Waals surface area contributed by atoms with E-state index in [4.69, 9.17) is 4.74 Å². The number of nitrogens with one attached hydrogen (secondary N) is 2. The summed E-state index contributed by atoms with van der Waals surface area (Å²) in [5.41, 5.74) is -2.17. The monoisotopic (exact) mass is 559 g/mol. The lowest BCUT2D eigenvalue weighted by Gasteiger charge is -2.36. The molecule has 2 aliphatic heterocycles. The average molecular weight is 559 g/mol. The molecule has 39 heavy (non-hydrogen) atoms. The zero-order chi connectivity index (χ0) is 29.4. The Kier molecular flexibility index (Phi) is 8.09. The predicted octanol–water partition coefficient (Wildman–Crippen LogP) is 2.10. The molecule has 1 aromatic rings. The molecule has 212 valence electrons. The maximum Gasteiger partial charge on any atom is 0.471 e. The Bertz CT molecular complexity index is 1230. The Labute approximate surface area is 220 Å². The van der Waals surface area contributed by atoms with Gasteiger partial charge in [-0.1, -0.05) is 13.8 Å². The van der Waals surface area contributed by atoms with Crippen LogP contribution in [0.25, 0.3) is 0 Å². The van der Waals surface area contributed by atoms with Gasteiger partial charge in [-0.05, 0) is 19.3 Å². The normalized spacial score (nSPS) is 21.9. The molecule has 10 nitrogen and oxygen atoms in total. The lowest BCUT2D eigenvalue weighted by atomic mass is 9.97. The molecule has 0 aromatic heterocycles. The van der Waals surface area contributed by atoms with Gasteiger partial charge < -0.3 is 25.2 Å². The van der Waals surface area contributed by atoms with E-state index in [-0.39, 0.29) is 24.4 Å². The number of benzene rings is 1. The maximum atomic E-state index is 14.4. The summed E-state index contributed by atoms with van der Waals surface area (Å²) in [6.45, 7) is 3.94. The highest BCUT2D eigenvalue weighted by Crippen LogP contribution is 2.42. The Morgan fingerprint density at radius 3 is 2.49 bits per heavy atom. The predicted molar refractivity (Wildman–Crippen MR) is 124 cm³/mol. The van der Waals surface area contributed by atoms with Crippen molar-refractivity contribution < 1.29 is 45.9 Å². The molecule has 0 bridgehead atoms. The number of likely N-dealkylation sites (tertiary alicyclic amines) is 1. The Morgan fingerprint density at radius 2 is 1.92 bits per heavy atom. The first-order valence-corrected chi connectivity index (χ1v) is 11.8. The highest BCUT2D eigenvalue weighted by atomic mass is 19.4. The Hall–Kier alpha value is -3.96. The summed E-state index contributed by atoms with van der Waals surface area (Å²) < 4.78 is 71.6. The zero-order valence-electron chi connectivity index (χ0n) is 21.4. The molecule has 0 radical (unpaired) electrons. The van der Waals surface area contributed by atoms with Crippen LogP contribution >= 0.6 is 0 Å². The van der Waals surface area contributed by atoms with Crippen LogP contribution in [-0.4, -0.2) is 76.9 Å². The van der Waals surface area contributed by atoms with Crippen molar-refractivity contribution in [1.29, 1.82) is 5.26 Å². The van der Waals surface area contributed by atoms with E-state index in [2.05, 4.69) is 5.32 Å². The number of amides is 4. The molecule has 15 heteroatoms. The third-order valence-corrected chi connectivity index (χ3v) is 6.50. The molecule has 0 unspecified atom stereocenters. The molecule has 1 aromatic carbocycles. The maximum absolute atomic E-state index is 14.4. The summed E-state index contributed by atoms with van der Waals surface area (Å²) in [4.78, 5) is 52.7. The summed E-state index contributed by atoms with van der Waals surface area (Å²) in [6, 6.07) is -0.918. The first kappa shape index (κ1) is 29.6. The summed E-state index contributed by atoms with van der Waals surface area (Å²) >= 11 is 0. The fourth-order valence-electron chi connectivity index (χ4n) is 4.55. The number of anilines is 1. The molecule has 4 amide bonds. The van der Waals surface area contributed by atoms with Crippen molar-refractivity contribution >= 4 is 29.3 Å². The lowest BCUT2D eigenvalue weighted by Crippen LogP contribution is -2.57. The Morgan fingerprint density at radius 1 is 1.28 bits per heavy atom. The smallest absolute Gasteiger partial charge is 0.470 e. The minimum absolute atomic E-state index is 0.0203. The quantitative estimate of drug-likeness (QED) is 0.514. The highest BCUT2D eigenvalue weighted by molar-refractivity contribution is 6.02. The fourth-order valence-corrected chi connectivity index (χ4v) is 4.55. The van der Waals surface area contributed by atoms with E-state index in [1.807, 2.05) is 6.07 Å². The number of ether oxygens (including phenoxy) is 1. The summed E-state index contributed by atoms with van der Waals surface area (Å²) in [6.07, 6.45) is -5.58. The van der Waals surface area contributed by atoms with Gasteiger partial charge in [0, 0.05) is 25.6 Å². The van der Waals surface area contributed by atoms with E-state index in [0.29, 0.717) is 6.07 Å². The second-order valence-electron chi connectivity index (χ2n) is 9.92. The minimum atomic E-state index is -5.23. The van der Waals surface area contributed by atoms with E-state index >= 15 is 0 Å². The van der Waals surface area contributed by atoms with Crippen LogP contribution < -0.4 is 15.4 Å². The standard InChI is InChI=1S/C24H26F5N5O5/c1-11(2)5-17(33(4)19(35)12(3)31-22(38)24(27,28)29)20(36)34-10-23(8-14(34)9-30)21(37)32-16-7-13(25)6-15(26)18(16)39-23/h6-7,11-12,14,17H,5,8,10H2,1-4H3,(H,31,38)(H,32,37)/t12-,14-,17-,23+/m0/s1. The van der Waals surface area contributed by atoms with Crippen LogP contribution in [-0.2, 0) is 19.2 Å². The first-order chi connectivity index (χ1) is 18.0. The SMILES string of the molecule is CC(C)C[C@@H](C(=O)N1C[C@@]2(C[C@H]1C#N)Oc1c(F)cc(F)cc1NC2=O)N(C)C(=O)[C@H](C)NC(=O)C(F)(F)F. The van der Waals surface area contributed by atoms with Gasteiger partial charge in [0.2, 0.25) is 17.4 Å². The number of fused-ring (bicyclic) bond motifs is 1. The number of halogens is 5. The number of carbonyl (C=O) groups is 4. The molecule has 3 rings (SSSR count). The van der Waals surface area contributed by atoms with Gasteiger partial charge in [-0.25, -0.2) is 8.78 Å². The molecule has 1 saturated heterocycles. The van der Waals surface area contributed by atoms with Gasteiger partial charge in [-0.2, -0.15) is 18.4 Å². The molecule has 1 fully saturated rings. The molecule has 0 saturated carbocycles. The number of nitrogens with zero attached hydrogens (tertiary/aromatic N) is 3. The third-order valence-electron chi connectivity index (χ3n) is 6.50. The molecular formula is C24H26F5N5O5. The molecule has 0 aliphatic carbocycles. The van der Waals surface area contributed by atoms with E-state index < -0.39 is 77.5 Å². The van der Waals surface area contributed by atoms with Crippen LogP contribution in [0, 0.1) is 28.9 Å². The van der Waals surface area contributed by atoms with E-state index in [0.717, 1.165) is 22.8 Å². The molecule has 2 N–H and O–H groups in total. The second kappa shape index (κ2) is 10.7. The summed E-state index contributed by atoms with van der Waals surface area (Å²) in [7, 11) is 1.17. The van der Waals surface area contributed by atoms with Crippen molar-refractivity contribution in [3.63, 3.8) is 0 Å². The fraction of sp³-hybridized carbons (Fsp3) is 0.542. The van der Waals surface area contributed by atoms with Crippen molar-refractivity contribution in [2.45, 2.75) is 63.5 Å². The topological polar surface area (TPSA) is 132 Å². The van der Waals surface area contributed by atoms with Gasteiger partial charge in [0.15, 0.2) is 11.6 Å². The van der Waals surface area contributed by atoms with Crippen molar-refractivity contribution in [3.8, 4) is 11.8 Å². The molecular weight excluding hydrogens is 533 g/mol. The van der Waals surface area contributed by atoms with Crippen molar-refractivity contribution in [1.82, 2.24) is 15.1 Å². The summed E-state index contributed by atoms with van der Waals surface area (Å²) in [5.74, 6) is -7.74. The van der Waals surface area contributed by atoms with Gasteiger partial charge in [-0.3, -0.25) is 19.2 Å². The highest BCUT2D eigenvalue weighted by Gasteiger charge is 2.57. The van der Waals surface area contributed by atoms with E-state index in [1.165, 1.54) is 7.05 Å². The van der Waals surface area contributed by atoms with Crippen LogP contribution in [0.3, 0.4) is 0 Å². The summed E-state index contributed by atoms with van der Waals surface area (Å²) in [5, 5.41) is 13.6. The number of carbonyl (C=O) groups excluding carboxylic acids is 4. The van der Waals surface area contributed by atoms with Crippen LogP contribution in [0.4, 0.5) is 27.6 Å². The van der Waals surface area contributed by atoms with Gasteiger partial charge >= 0.3 is 12.1 Å². The van der Waals surface area contributed by atoms with Gasteiger partial charge in [0.05, 0.1) is 18.3 Å². The number of alkyl halides is 3. The number of hydrogen-bond donors (Lipinski definition) is 2. The van der Waals surface area contributed by atoms with E-state index in [1.54, 1.807) is 19.2 Å². The number of hydrogen-bond acceptors (Lipinski definition) is 6. The number of likely N-dealkylation sites (N-methyl/N-ethyl adjacent to an activating group) is 1. The molecule has 2 aliphatic rings. The van der Waals surface area contributed by atoms with Crippen molar-refractivity contribution in [3.05, 3.63) is 23.8 Å². The van der Waals surface area contributed by atoms with Gasteiger partial charge in [0.25, 0.3) is 5.91 Å². The first-order valence-electron chi connectivity index (χ1n) is 11.8. The van der Waals surface area contributed by atoms with Crippen LogP contribution in [0.1, 0.15) is 33.6 Å². The zero-order valence-corrected chi connectivity index (χ0v) is 21.4. The number of nitriles is 1. The van der Waals surface area contributed by atoms with E-state index in [9.17, 15) is 46.4 Å². The van der Waals surface area contributed by atoms with Crippen LogP contribution in [0.15, 0.2) is 12.1 Å². The second-order valence-corrected chi connectivity index (χ2v) is 9.92. The molecule has 4 atom stereocenters. The lowest BCUT2D eigenvalue weighted by molar-refractivity contribution is -0.175. The molecule has 1 spiro atoms. The average Bonchev–Trinajstić information content (AvgIpc) is 3.21. The molecule has 2 heterocycles. The van der Waals surface area contributed by atoms with Crippen molar-refractivity contribution in [2.24, 2.45) is 5.92 Å². The van der Waals surface area contributed by atoms with Crippen LogP contribution in [0.2, 0.25) is 0 Å². The van der Waals surface area contributed by atoms with Crippen molar-refractivity contribution in [2.75, 3.05) is 18.9 Å². The Balaban J connectivity index is 1.88. The van der Waals surface area contributed by atoms with Crippen LogP contribution in [0.5, 0.6) is 5.75 Å². The number of rotatable bonds is 6. The largest absolute Gasteiger partial charge is 0.471 e. The van der Waals surface area contributed by atoms with Gasteiger partial charge in [-0.15, -0.1) is 0 Å².